The molecule has 0 saturated heterocycles. The molecule has 0 aliphatic heterocycles. The van der Waals surface area contributed by atoms with Gasteiger partial charge in [0.25, 0.3) is 5.91 Å². The fourth-order valence-corrected chi connectivity index (χ4v) is 1.63. The lowest BCUT2D eigenvalue weighted by Crippen LogP contribution is -2.48. The highest BCUT2D eigenvalue weighted by atomic mass is 16.2. The van der Waals surface area contributed by atoms with Crippen molar-refractivity contribution in [2.45, 2.75) is 33.1 Å². The summed E-state index contributed by atoms with van der Waals surface area (Å²) in [6.07, 6.45) is 2.65. The summed E-state index contributed by atoms with van der Waals surface area (Å²) >= 11 is 0. The van der Waals surface area contributed by atoms with Gasteiger partial charge in [-0.05, 0) is 40.4 Å². The van der Waals surface area contributed by atoms with E-state index < -0.39 is 0 Å². The maximum atomic E-state index is 11.4. The molecule has 3 N–H and O–H groups in total. The molecule has 0 bridgehead atoms. The van der Waals surface area contributed by atoms with Crippen LogP contribution in [0.15, 0.2) is 24.3 Å². The molecule has 0 unspecified atom stereocenters. The largest absolute Gasteiger partial charge is 0.352 e. The van der Waals surface area contributed by atoms with Gasteiger partial charge in [-0.2, -0.15) is 0 Å². The summed E-state index contributed by atoms with van der Waals surface area (Å²) < 4.78 is 0. The number of carbonyl (C=O) groups is 2. The van der Waals surface area contributed by atoms with E-state index in [1.807, 2.05) is 21.0 Å². The molecule has 0 aliphatic carbocycles. The Balaban J connectivity index is 0. The van der Waals surface area contributed by atoms with E-state index in [2.05, 4.69) is 34.2 Å². The number of amides is 2. The Morgan fingerprint density at radius 1 is 1.08 bits per heavy atom. The van der Waals surface area contributed by atoms with Gasteiger partial charge in [0.05, 0.1) is 0 Å². The van der Waals surface area contributed by atoms with E-state index in [1.165, 1.54) is 5.12 Å². The van der Waals surface area contributed by atoms with Gasteiger partial charge in [0.2, 0.25) is 5.91 Å². The molecule has 140 valence electrons. The normalized spacial score (nSPS) is 9.79. The third kappa shape index (κ3) is 12.8. The molecule has 2 amide bonds. The second-order valence-electron chi connectivity index (χ2n) is 5.63. The van der Waals surface area contributed by atoms with Crippen LogP contribution < -0.4 is 16.2 Å². The maximum Gasteiger partial charge on any atom is 0.278 e. The Morgan fingerprint density at radius 2 is 1.62 bits per heavy atom. The van der Waals surface area contributed by atoms with E-state index in [1.54, 1.807) is 21.0 Å². The van der Waals surface area contributed by atoms with Crippen LogP contribution in [0.25, 0.3) is 0 Å². The van der Waals surface area contributed by atoms with Gasteiger partial charge >= 0.3 is 0 Å². The standard InChI is InChI=1S/C9H18N2O.C8H17N3O/c1-8(2)9(12)10-6-5-7-11(3)4;1-5-6-7(2)8(12)11(9-3)10-4/h1,5-7H2,2-4H3,(H,10,12);9-10H,2,5-6H2,1,3-4H3. The monoisotopic (exact) mass is 341 g/mol. The number of carbonyl (C=O) groups excluding carboxylic acids is 2. The predicted molar refractivity (Wildman–Crippen MR) is 100 cm³/mol. The molecule has 0 aromatic carbocycles. The van der Waals surface area contributed by atoms with Crippen molar-refractivity contribution >= 4 is 11.8 Å². The van der Waals surface area contributed by atoms with Gasteiger partial charge in [0, 0.05) is 31.8 Å². The minimum absolute atomic E-state index is 0.0474. The number of hydrogen-bond donors (Lipinski definition) is 3. The first-order chi connectivity index (χ1) is 11.2. The summed E-state index contributed by atoms with van der Waals surface area (Å²) in [6, 6.07) is 0. The fraction of sp³-hybridized carbons (Fsp3) is 0.647. The zero-order valence-electron chi connectivity index (χ0n) is 16.2. The first-order valence-corrected chi connectivity index (χ1v) is 8.16. The van der Waals surface area contributed by atoms with E-state index >= 15 is 0 Å². The van der Waals surface area contributed by atoms with Crippen molar-refractivity contribution < 1.29 is 9.59 Å². The second kappa shape index (κ2) is 14.9. The topological polar surface area (TPSA) is 76.7 Å². The molecule has 0 fully saturated rings. The minimum atomic E-state index is -0.109. The van der Waals surface area contributed by atoms with Crippen molar-refractivity contribution in [1.29, 1.82) is 0 Å². The van der Waals surface area contributed by atoms with Crippen LogP contribution in [-0.4, -0.2) is 63.1 Å². The zero-order valence-corrected chi connectivity index (χ0v) is 16.2. The zero-order chi connectivity index (χ0) is 19.1. The summed E-state index contributed by atoms with van der Waals surface area (Å²) in [5, 5.41) is 4.08. The van der Waals surface area contributed by atoms with Crippen molar-refractivity contribution in [3.05, 3.63) is 24.3 Å². The van der Waals surface area contributed by atoms with Gasteiger partial charge in [0.15, 0.2) is 0 Å². The minimum Gasteiger partial charge on any atom is -0.352 e. The molecular weight excluding hydrogens is 306 g/mol. The molecule has 0 atom stereocenters. The van der Waals surface area contributed by atoms with E-state index in [-0.39, 0.29) is 11.8 Å². The van der Waals surface area contributed by atoms with E-state index in [0.29, 0.717) is 11.1 Å². The Morgan fingerprint density at radius 3 is 2.00 bits per heavy atom. The lowest BCUT2D eigenvalue weighted by Gasteiger charge is -2.20. The van der Waals surface area contributed by atoms with Crippen LogP contribution in [0, 0.1) is 0 Å². The Hall–Kier alpha value is -1.70. The second-order valence-corrected chi connectivity index (χ2v) is 5.63. The van der Waals surface area contributed by atoms with E-state index in [9.17, 15) is 9.59 Å². The number of nitrogens with one attached hydrogen (secondary N) is 3. The van der Waals surface area contributed by atoms with Crippen LogP contribution in [0.1, 0.15) is 33.1 Å². The SMILES string of the molecule is C=C(C)C(=O)NCCCN(C)C.C=C(CCC)C(=O)N(NC)NC. The molecule has 0 spiro atoms. The van der Waals surface area contributed by atoms with Gasteiger partial charge in [-0.1, -0.05) is 26.5 Å². The van der Waals surface area contributed by atoms with Crippen LogP contribution in [-0.2, 0) is 9.59 Å². The first kappa shape index (κ1) is 24.6. The third-order valence-electron chi connectivity index (χ3n) is 2.96. The first-order valence-electron chi connectivity index (χ1n) is 8.16. The van der Waals surface area contributed by atoms with Gasteiger partial charge in [-0.25, -0.2) is 16.0 Å². The molecule has 0 aromatic heterocycles. The number of rotatable bonds is 10. The molecule has 0 aliphatic rings. The highest BCUT2D eigenvalue weighted by molar-refractivity contribution is 5.92. The summed E-state index contributed by atoms with van der Waals surface area (Å²) in [4.78, 5) is 24.5. The van der Waals surface area contributed by atoms with E-state index in [4.69, 9.17) is 0 Å². The lowest BCUT2D eigenvalue weighted by atomic mass is 10.2. The summed E-state index contributed by atoms with van der Waals surface area (Å²) in [7, 11) is 7.38. The van der Waals surface area contributed by atoms with Crippen LogP contribution in [0.5, 0.6) is 0 Å². The van der Waals surface area contributed by atoms with Crippen LogP contribution in [0.4, 0.5) is 0 Å². The van der Waals surface area contributed by atoms with Crippen LogP contribution >= 0.6 is 0 Å². The summed E-state index contributed by atoms with van der Waals surface area (Å²) in [6.45, 7) is 12.7. The lowest BCUT2D eigenvalue weighted by molar-refractivity contribution is -0.133. The number of hydrazine groups is 2. The number of hydrogen-bond acceptors (Lipinski definition) is 5. The third-order valence-corrected chi connectivity index (χ3v) is 2.96. The van der Waals surface area contributed by atoms with Gasteiger partial charge in [0.1, 0.15) is 0 Å². The summed E-state index contributed by atoms with van der Waals surface area (Å²) in [5.41, 5.74) is 6.59. The molecule has 0 aromatic rings. The van der Waals surface area contributed by atoms with Crippen molar-refractivity contribution in [3.8, 4) is 0 Å². The molecule has 24 heavy (non-hydrogen) atoms. The van der Waals surface area contributed by atoms with Gasteiger partial charge < -0.3 is 10.2 Å². The molecule has 0 radical (unpaired) electrons. The molecule has 0 heterocycles. The molecule has 0 saturated carbocycles. The van der Waals surface area contributed by atoms with Crippen LogP contribution in [0.3, 0.4) is 0 Å². The Bertz CT molecular complexity index is 404. The van der Waals surface area contributed by atoms with E-state index in [0.717, 1.165) is 32.4 Å². The predicted octanol–water partition coefficient (Wildman–Crippen LogP) is 1.07. The quantitative estimate of drug-likeness (QED) is 0.315. The fourth-order valence-electron chi connectivity index (χ4n) is 1.63. The molecule has 0 rings (SSSR count). The molecule has 7 nitrogen and oxygen atoms in total. The van der Waals surface area contributed by atoms with Crippen LogP contribution in [0.2, 0.25) is 0 Å². The van der Waals surface area contributed by atoms with Crippen molar-refractivity contribution in [3.63, 3.8) is 0 Å². The molecular formula is C17H35N5O2. The Kier molecular flexibility index (Phi) is 15.2. The smallest absolute Gasteiger partial charge is 0.278 e. The summed E-state index contributed by atoms with van der Waals surface area (Å²) in [5.74, 6) is -0.157. The average Bonchev–Trinajstić information content (AvgIpc) is 2.52. The van der Waals surface area contributed by atoms with Crippen molar-refractivity contribution in [2.24, 2.45) is 0 Å². The highest BCUT2D eigenvalue weighted by Gasteiger charge is 2.12. The van der Waals surface area contributed by atoms with Gasteiger partial charge in [-0.15, -0.1) is 0 Å². The van der Waals surface area contributed by atoms with Crippen molar-refractivity contribution in [2.75, 3.05) is 41.3 Å². The maximum absolute atomic E-state index is 11.4. The van der Waals surface area contributed by atoms with Crippen molar-refractivity contribution in [1.82, 2.24) is 26.2 Å². The Labute approximate surface area is 147 Å². The molecule has 7 heteroatoms. The average molecular weight is 341 g/mol. The number of nitrogens with zero attached hydrogens (tertiary/aromatic N) is 2. The highest BCUT2D eigenvalue weighted by Crippen LogP contribution is 2.03. The van der Waals surface area contributed by atoms with Gasteiger partial charge in [-0.3, -0.25) is 9.59 Å².